The van der Waals surface area contributed by atoms with Gasteiger partial charge in [0.15, 0.2) is 0 Å². The molecule has 1 aliphatic heterocycles. The number of hydrogen-bond acceptors (Lipinski definition) is 4. The molecule has 98 valence electrons. The van der Waals surface area contributed by atoms with Gasteiger partial charge in [-0.15, -0.1) is 0 Å². The largest absolute Gasteiger partial charge is 0.397 e. The van der Waals surface area contributed by atoms with Crippen LogP contribution in [0.15, 0.2) is 18.2 Å². The maximum atomic E-state index is 11.1. The molecule has 18 heavy (non-hydrogen) atoms. The zero-order valence-corrected chi connectivity index (χ0v) is 10.3. The van der Waals surface area contributed by atoms with Crippen LogP contribution >= 0.6 is 0 Å². The lowest BCUT2D eigenvalue weighted by Crippen LogP contribution is -2.23. The van der Waals surface area contributed by atoms with Crippen molar-refractivity contribution in [3.05, 3.63) is 23.8 Å². The minimum absolute atomic E-state index is 0.441. The summed E-state index contributed by atoms with van der Waals surface area (Å²) in [4.78, 5) is 11.1. The molecule has 1 fully saturated rings. The molecule has 5 N–H and O–H groups in total. The van der Waals surface area contributed by atoms with Crippen LogP contribution in [0.25, 0.3) is 0 Å². The smallest absolute Gasteiger partial charge is 0.248 e. The van der Waals surface area contributed by atoms with Crippen LogP contribution < -0.4 is 16.8 Å². The predicted octanol–water partition coefficient (Wildman–Crippen LogP) is 1.21. The van der Waals surface area contributed by atoms with Gasteiger partial charge in [-0.1, -0.05) is 0 Å². The highest BCUT2D eigenvalue weighted by Crippen LogP contribution is 2.22. The summed E-state index contributed by atoms with van der Waals surface area (Å²) in [5.41, 5.74) is 13.0. The van der Waals surface area contributed by atoms with Gasteiger partial charge in [0, 0.05) is 25.3 Å². The molecule has 1 saturated heterocycles. The fourth-order valence-electron chi connectivity index (χ4n) is 2.07. The van der Waals surface area contributed by atoms with Crippen molar-refractivity contribution in [3.8, 4) is 0 Å². The Labute approximate surface area is 106 Å². The van der Waals surface area contributed by atoms with E-state index in [0.717, 1.165) is 38.3 Å². The Morgan fingerprint density at radius 1 is 1.39 bits per heavy atom. The number of anilines is 2. The number of amides is 1. The molecule has 0 aromatic heterocycles. The minimum atomic E-state index is -0.441. The Morgan fingerprint density at radius 2 is 2.11 bits per heavy atom. The van der Waals surface area contributed by atoms with Gasteiger partial charge in [0.1, 0.15) is 0 Å². The van der Waals surface area contributed by atoms with Crippen molar-refractivity contribution >= 4 is 17.3 Å². The van der Waals surface area contributed by atoms with Crippen LogP contribution in [0, 0.1) is 5.92 Å². The fraction of sp³-hybridized carbons (Fsp3) is 0.462. The zero-order chi connectivity index (χ0) is 13.0. The van der Waals surface area contributed by atoms with Crippen molar-refractivity contribution < 1.29 is 9.53 Å². The van der Waals surface area contributed by atoms with Crippen LogP contribution in [0.3, 0.4) is 0 Å². The molecule has 1 aliphatic rings. The number of carbonyl (C=O) groups excluding carboxylic acids is 1. The van der Waals surface area contributed by atoms with Crippen LogP contribution in [-0.4, -0.2) is 25.7 Å². The lowest BCUT2D eigenvalue weighted by molar-refractivity contribution is 0.0699. The van der Waals surface area contributed by atoms with Gasteiger partial charge in [-0.25, -0.2) is 0 Å². The highest BCUT2D eigenvalue weighted by Gasteiger charge is 2.14. The number of ether oxygens (including phenoxy) is 1. The first-order valence-corrected chi connectivity index (χ1v) is 6.18. The van der Waals surface area contributed by atoms with Crippen molar-refractivity contribution in [1.29, 1.82) is 0 Å². The molecule has 0 bridgehead atoms. The van der Waals surface area contributed by atoms with Gasteiger partial charge < -0.3 is 21.5 Å². The Hall–Kier alpha value is -1.75. The van der Waals surface area contributed by atoms with Crippen molar-refractivity contribution in [3.63, 3.8) is 0 Å². The number of nitrogen functional groups attached to an aromatic ring is 1. The van der Waals surface area contributed by atoms with Gasteiger partial charge in [0.05, 0.1) is 11.4 Å². The molecule has 0 radical (unpaired) electrons. The van der Waals surface area contributed by atoms with E-state index in [1.807, 2.05) is 0 Å². The van der Waals surface area contributed by atoms with E-state index in [9.17, 15) is 4.79 Å². The maximum Gasteiger partial charge on any atom is 0.248 e. The van der Waals surface area contributed by atoms with Crippen molar-refractivity contribution in [2.45, 2.75) is 12.8 Å². The van der Waals surface area contributed by atoms with E-state index in [1.165, 1.54) is 0 Å². The van der Waals surface area contributed by atoms with Crippen LogP contribution in [0.5, 0.6) is 0 Å². The van der Waals surface area contributed by atoms with E-state index < -0.39 is 5.91 Å². The standard InChI is InChI=1S/C13H19N3O2/c14-11-2-1-10(13(15)17)7-12(11)16-8-9-3-5-18-6-4-9/h1-2,7,9,16H,3-6,8,14H2,(H2,15,17). The molecular weight excluding hydrogens is 230 g/mol. The minimum Gasteiger partial charge on any atom is -0.397 e. The molecule has 0 spiro atoms. The summed E-state index contributed by atoms with van der Waals surface area (Å²) in [7, 11) is 0. The van der Waals surface area contributed by atoms with Crippen LogP contribution in [0.4, 0.5) is 11.4 Å². The van der Waals surface area contributed by atoms with Gasteiger partial charge in [-0.05, 0) is 37.0 Å². The summed E-state index contributed by atoms with van der Waals surface area (Å²) in [6, 6.07) is 5.04. The molecule has 1 heterocycles. The predicted molar refractivity (Wildman–Crippen MR) is 71.4 cm³/mol. The second-order valence-electron chi connectivity index (χ2n) is 4.60. The average molecular weight is 249 g/mol. The summed E-state index contributed by atoms with van der Waals surface area (Å²) >= 11 is 0. The molecule has 5 heteroatoms. The van der Waals surface area contributed by atoms with E-state index >= 15 is 0 Å². The number of hydrogen-bond donors (Lipinski definition) is 3. The number of rotatable bonds is 4. The lowest BCUT2D eigenvalue weighted by atomic mass is 10.0. The maximum absolute atomic E-state index is 11.1. The van der Waals surface area contributed by atoms with E-state index in [-0.39, 0.29) is 0 Å². The third kappa shape index (κ3) is 3.13. The third-order valence-corrected chi connectivity index (χ3v) is 3.26. The second kappa shape index (κ2) is 5.73. The van der Waals surface area contributed by atoms with E-state index in [2.05, 4.69) is 5.32 Å². The third-order valence-electron chi connectivity index (χ3n) is 3.26. The van der Waals surface area contributed by atoms with Crippen molar-refractivity contribution in [2.75, 3.05) is 30.8 Å². The Kier molecular flexibility index (Phi) is 4.04. The van der Waals surface area contributed by atoms with Crippen LogP contribution in [0.2, 0.25) is 0 Å². The molecule has 5 nitrogen and oxygen atoms in total. The Balaban J connectivity index is 1.99. The van der Waals surface area contributed by atoms with E-state index in [0.29, 0.717) is 17.2 Å². The van der Waals surface area contributed by atoms with Gasteiger partial charge in [0.2, 0.25) is 5.91 Å². The SMILES string of the molecule is NC(=O)c1ccc(N)c(NCC2CCOCC2)c1. The number of benzene rings is 1. The first-order chi connectivity index (χ1) is 8.66. The molecule has 2 rings (SSSR count). The van der Waals surface area contributed by atoms with Crippen molar-refractivity contribution in [1.82, 2.24) is 0 Å². The number of carbonyl (C=O) groups is 1. The quantitative estimate of drug-likeness (QED) is 0.699. The lowest BCUT2D eigenvalue weighted by Gasteiger charge is -2.23. The summed E-state index contributed by atoms with van der Waals surface area (Å²) in [6.07, 6.45) is 2.12. The number of primary amides is 1. The number of nitrogens with one attached hydrogen (secondary N) is 1. The Bertz CT molecular complexity index is 428. The number of nitrogens with two attached hydrogens (primary N) is 2. The molecule has 0 atom stereocenters. The molecule has 1 amide bonds. The molecule has 0 unspecified atom stereocenters. The molecule has 1 aromatic rings. The van der Waals surface area contributed by atoms with Crippen LogP contribution in [-0.2, 0) is 4.74 Å². The van der Waals surface area contributed by atoms with Gasteiger partial charge >= 0.3 is 0 Å². The summed E-state index contributed by atoms with van der Waals surface area (Å²) in [5, 5.41) is 3.29. The van der Waals surface area contributed by atoms with Gasteiger partial charge in [0.25, 0.3) is 0 Å². The molecule has 0 saturated carbocycles. The van der Waals surface area contributed by atoms with Gasteiger partial charge in [-0.2, -0.15) is 0 Å². The summed E-state index contributed by atoms with van der Waals surface area (Å²) in [6.45, 7) is 2.49. The summed E-state index contributed by atoms with van der Waals surface area (Å²) < 4.78 is 5.31. The highest BCUT2D eigenvalue weighted by atomic mass is 16.5. The van der Waals surface area contributed by atoms with Gasteiger partial charge in [-0.3, -0.25) is 4.79 Å². The zero-order valence-electron chi connectivity index (χ0n) is 10.3. The van der Waals surface area contributed by atoms with Crippen LogP contribution in [0.1, 0.15) is 23.2 Å². The van der Waals surface area contributed by atoms with E-state index in [1.54, 1.807) is 18.2 Å². The first-order valence-electron chi connectivity index (χ1n) is 6.18. The normalized spacial score (nSPS) is 16.4. The highest BCUT2D eigenvalue weighted by molar-refractivity contribution is 5.94. The second-order valence-corrected chi connectivity index (χ2v) is 4.60. The van der Waals surface area contributed by atoms with Crippen molar-refractivity contribution in [2.24, 2.45) is 11.7 Å². The molecule has 1 aromatic carbocycles. The molecular formula is C13H19N3O2. The Morgan fingerprint density at radius 3 is 2.78 bits per heavy atom. The summed E-state index contributed by atoms with van der Waals surface area (Å²) in [5.74, 6) is 0.152. The first kappa shape index (κ1) is 12.7. The molecule has 0 aliphatic carbocycles. The monoisotopic (exact) mass is 249 g/mol. The topological polar surface area (TPSA) is 90.4 Å². The average Bonchev–Trinajstić information content (AvgIpc) is 2.38. The van der Waals surface area contributed by atoms with E-state index in [4.69, 9.17) is 16.2 Å². The fourth-order valence-corrected chi connectivity index (χ4v) is 2.07.